The Morgan fingerprint density at radius 1 is 1.53 bits per heavy atom. The van der Waals surface area contributed by atoms with Crippen LogP contribution in [0.1, 0.15) is 35.7 Å². The van der Waals surface area contributed by atoms with E-state index in [1.165, 1.54) is 0 Å². The van der Waals surface area contributed by atoms with Gasteiger partial charge >= 0.3 is 0 Å². The molecule has 2 aromatic rings. The Balaban J connectivity index is 1.99. The average Bonchev–Trinajstić information content (AvgIpc) is 2.80. The molecule has 0 bridgehead atoms. The van der Waals surface area contributed by atoms with Crippen LogP contribution in [0.15, 0.2) is 24.7 Å². The molecule has 1 saturated heterocycles. The van der Waals surface area contributed by atoms with Crippen LogP contribution in [0.2, 0.25) is 0 Å². The number of carbonyl (C=O) groups excluding carboxylic acids is 1. The van der Waals surface area contributed by atoms with Gasteiger partial charge in [-0.25, -0.2) is 4.98 Å². The molecule has 1 aliphatic rings. The molecule has 1 aliphatic heterocycles. The fourth-order valence-electron chi connectivity index (χ4n) is 2.12. The second-order valence-electron chi connectivity index (χ2n) is 5.21. The molecule has 2 aromatic heterocycles. The second kappa shape index (κ2) is 4.66. The van der Waals surface area contributed by atoms with Crippen LogP contribution < -0.4 is 5.32 Å². The van der Waals surface area contributed by atoms with Gasteiger partial charge in [-0.3, -0.25) is 4.79 Å². The molecule has 0 aromatic carbocycles. The summed E-state index contributed by atoms with van der Waals surface area (Å²) in [5.74, 6) is 0.289. The molecular weight excluding hydrogens is 242 g/mol. The van der Waals surface area contributed by atoms with Crippen molar-refractivity contribution in [2.45, 2.75) is 25.8 Å². The molecule has 1 fully saturated rings. The quantitative estimate of drug-likeness (QED) is 0.910. The molecule has 0 radical (unpaired) electrons. The molecule has 0 atom stereocenters. The second-order valence-corrected chi connectivity index (χ2v) is 5.21. The summed E-state index contributed by atoms with van der Waals surface area (Å²) in [6, 6.07) is 2.06. The lowest BCUT2D eigenvalue weighted by Gasteiger charge is -2.27. The number of imidazole rings is 1. The molecule has 5 heteroatoms. The van der Waals surface area contributed by atoms with Crippen molar-refractivity contribution in [3.63, 3.8) is 0 Å². The minimum absolute atomic E-state index is 0.0769. The van der Waals surface area contributed by atoms with Crippen LogP contribution in [0.25, 0.3) is 5.65 Å². The van der Waals surface area contributed by atoms with Crippen molar-refractivity contribution in [1.82, 2.24) is 14.7 Å². The summed E-state index contributed by atoms with van der Waals surface area (Å²) < 4.78 is 6.97. The van der Waals surface area contributed by atoms with Crippen LogP contribution in [-0.4, -0.2) is 34.5 Å². The molecule has 5 nitrogen and oxygen atoms in total. The van der Waals surface area contributed by atoms with Crippen LogP contribution in [0, 0.1) is 0 Å². The van der Waals surface area contributed by atoms with Crippen molar-refractivity contribution in [1.29, 1.82) is 0 Å². The Bertz CT molecular complexity index is 614. The first-order valence-electron chi connectivity index (χ1n) is 6.50. The molecule has 0 aliphatic carbocycles. The molecule has 1 N–H and O–H groups in total. The zero-order valence-corrected chi connectivity index (χ0v) is 11.1. The van der Waals surface area contributed by atoms with E-state index in [0.29, 0.717) is 30.3 Å². The zero-order valence-electron chi connectivity index (χ0n) is 11.1. The Hall–Kier alpha value is -1.88. The van der Waals surface area contributed by atoms with Crippen LogP contribution in [0.3, 0.4) is 0 Å². The topological polar surface area (TPSA) is 55.6 Å². The zero-order chi connectivity index (χ0) is 13.4. The van der Waals surface area contributed by atoms with Crippen LogP contribution in [0.4, 0.5) is 0 Å². The monoisotopic (exact) mass is 259 g/mol. The molecule has 0 saturated carbocycles. The highest BCUT2D eigenvalue weighted by Gasteiger charge is 2.23. The SMILES string of the molecule is CC(C)c1cc(C(=O)NC2COC2)c2nccn2c1. The number of amides is 1. The number of ether oxygens (including phenoxy) is 1. The molecule has 19 heavy (non-hydrogen) atoms. The summed E-state index contributed by atoms with van der Waals surface area (Å²) in [6.07, 6.45) is 5.60. The number of fused-ring (bicyclic) bond motifs is 1. The van der Waals surface area contributed by atoms with Gasteiger partial charge in [-0.1, -0.05) is 13.8 Å². The van der Waals surface area contributed by atoms with Crippen LogP contribution in [-0.2, 0) is 4.74 Å². The highest BCUT2D eigenvalue weighted by Crippen LogP contribution is 2.19. The van der Waals surface area contributed by atoms with E-state index >= 15 is 0 Å². The predicted octanol–water partition coefficient (Wildman–Crippen LogP) is 1.59. The largest absolute Gasteiger partial charge is 0.377 e. The van der Waals surface area contributed by atoms with E-state index in [1.54, 1.807) is 6.20 Å². The van der Waals surface area contributed by atoms with Gasteiger partial charge in [0.25, 0.3) is 5.91 Å². The summed E-state index contributed by atoms with van der Waals surface area (Å²) in [5.41, 5.74) is 2.45. The molecule has 3 heterocycles. The summed E-state index contributed by atoms with van der Waals surface area (Å²) in [7, 11) is 0. The normalized spacial score (nSPS) is 15.7. The van der Waals surface area contributed by atoms with Gasteiger partial charge in [0.05, 0.1) is 24.8 Å². The van der Waals surface area contributed by atoms with Crippen molar-refractivity contribution in [3.05, 3.63) is 35.8 Å². The number of hydrogen-bond acceptors (Lipinski definition) is 3. The van der Waals surface area contributed by atoms with Crippen molar-refractivity contribution >= 4 is 11.6 Å². The van der Waals surface area contributed by atoms with Gasteiger partial charge in [0.15, 0.2) is 0 Å². The third kappa shape index (κ3) is 2.21. The molecule has 0 spiro atoms. The number of carbonyl (C=O) groups is 1. The van der Waals surface area contributed by atoms with Crippen molar-refractivity contribution < 1.29 is 9.53 Å². The smallest absolute Gasteiger partial charge is 0.255 e. The highest BCUT2D eigenvalue weighted by atomic mass is 16.5. The Labute approximate surface area is 111 Å². The van der Waals surface area contributed by atoms with Gasteiger partial charge in [-0.05, 0) is 17.5 Å². The number of nitrogens with one attached hydrogen (secondary N) is 1. The van der Waals surface area contributed by atoms with E-state index in [9.17, 15) is 4.79 Å². The first kappa shape index (κ1) is 12.2. The van der Waals surface area contributed by atoms with E-state index in [1.807, 2.05) is 22.9 Å². The lowest BCUT2D eigenvalue weighted by molar-refractivity contribution is -0.00344. The van der Waals surface area contributed by atoms with Gasteiger partial charge in [0.2, 0.25) is 0 Å². The maximum Gasteiger partial charge on any atom is 0.255 e. The summed E-state index contributed by atoms with van der Waals surface area (Å²) >= 11 is 0. The summed E-state index contributed by atoms with van der Waals surface area (Å²) in [4.78, 5) is 16.6. The fourth-order valence-corrected chi connectivity index (χ4v) is 2.12. The van der Waals surface area contributed by atoms with E-state index in [2.05, 4.69) is 24.1 Å². The first-order chi connectivity index (χ1) is 9.15. The summed E-state index contributed by atoms with van der Waals surface area (Å²) in [5, 5.41) is 2.96. The molecule has 1 amide bonds. The summed E-state index contributed by atoms with van der Waals surface area (Å²) in [6.45, 7) is 5.42. The molecular formula is C14H17N3O2. The van der Waals surface area contributed by atoms with Crippen LogP contribution >= 0.6 is 0 Å². The molecule has 100 valence electrons. The van der Waals surface area contributed by atoms with E-state index in [-0.39, 0.29) is 11.9 Å². The third-order valence-electron chi connectivity index (χ3n) is 3.39. The number of pyridine rings is 1. The minimum atomic E-state index is -0.0769. The molecule has 0 unspecified atom stereocenters. The predicted molar refractivity (Wildman–Crippen MR) is 71.4 cm³/mol. The lowest BCUT2D eigenvalue weighted by atomic mass is 10.0. The Kier molecular flexibility index (Phi) is 2.98. The van der Waals surface area contributed by atoms with Crippen molar-refractivity contribution in [2.24, 2.45) is 0 Å². The van der Waals surface area contributed by atoms with Crippen LogP contribution in [0.5, 0.6) is 0 Å². The molecule has 3 rings (SSSR count). The Morgan fingerprint density at radius 2 is 2.32 bits per heavy atom. The van der Waals surface area contributed by atoms with E-state index < -0.39 is 0 Å². The Morgan fingerprint density at radius 3 is 2.95 bits per heavy atom. The standard InChI is InChI=1S/C14H17N3O2/c1-9(2)10-5-12(13-15-3-4-17(13)6-10)14(18)16-11-7-19-8-11/h3-6,9,11H,7-8H2,1-2H3,(H,16,18). The maximum atomic E-state index is 12.3. The van der Waals surface area contributed by atoms with E-state index in [0.717, 1.165) is 5.56 Å². The van der Waals surface area contributed by atoms with Gasteiger partial charge in [-0.2, -0.15) is 0 Å². The van der Waals surface area contributed by atoms with Gasteiger partial charge in [0, 0.05) is 18.6 Å². The number of nitrogens with zero attached hydrogens (tertiary/aromatic N) is 2. The van der Waals surface area contributed by atoms with Crippen molar-refractivity contribution in [3.8, 4) is 0 Å². The van der Waals surface area contributed by atoms with Gasteiger partial charge in [-0.15, -0.1) is 0 Å². The minimum Gasteiger partial charge on any atom is -0.377 e. The number of aromatic nitrogens is 2. The van der Waals surface area contributed by atoms with E-state index in [4.69, 9.17) is 4.74 Å². The fraction of sp³-hybridized carbons (Fsp3) is 0.429. The number of hydrogen-bond donors (Lipinski definition) is 1. The average molecular weight is 259 g/mol. The highest BCUT2D eigenvalue weighted by molar-refractivity contribution is 6.00. The maximum absolute atomic E-state index is 12.3. The lowest BCUT2D eigenvalue weighted by Crippen LogP contribution is -2.48. The van der Waals surface area contributed by atoms with Gasteiger partial charge in [0.1, 0.15) is 5.65 Å². The van der Waals surface area contributed by atoms with Gasteiger partial charge < -0.3 is 14.5 Å². The number of rotatable bonds is 3. The van der Waals surface area contributed by atoms with Crippen molar-refractivity contribution in [2.75, 3.05) is 13.2 Å². The third-order valence-corrected chi connectivity index (χ3v) is 3.39. The first-order valence-corrected chi connectivity index (χ1v) is 6.50.